The molecule has 1 fully saturated rings. The number of amides is 2. The second kappa shape index (κ2) is 7.57. The Hall–Kier alpha value is -3.06. The van der Waals surface area contributed by atoms with E-state index in [0.717, 1.165) is 48.6 Å². The molecule has 1 saturated heterocycles. The monoisotopic (exact) mass is 421 g/mol. The Morgan fingerprint density at radius 1 is 1.00 bits per heavy atom. The van der Waals surface area contributed by atoms with Crippen molar-refractivity contribution in [3.8, 4) is 11.5 Å². The lowest BCUT2D eigenvalue weighted by molar-refractivity contribution is -0.133. The standard InChI is InChI=1S/C24H27N3O4/c1-15-10-18-19(11-16(15)2)24(29)27(17-4-5-21-22(12-17)31-14-30-21)20(18)13-23(28)26-8-6-25(3)7-9-26/h4-5,10-12,20H,6-9,13-14H2,1-3H3. The van der Waals surface area contributed by atoms with Gasteiger partial charge in [-0.25, -0.2) is 0 Å². The van der Waals surface area contributed by atoms with Crippen molar-refractivity contribution in [3.05, 3.63) is 52.6 Å². The topological polar surface area (TPSA) is 62.3 Å². The van der Waals surface area contributed by atoms with Crippen LogP contribution in [-0.4, -0.2) is 61.6 Å². The highest BCUT2D eigenvalue weighted by molar-refractivity contribution is 6.12. The molecule has 162 valence electrons. The van der Waals surface area contributed by atoms with Gasteiger partial charge in [0.2, 0.25) is 12.7 Å². The van der Waals surface area contributed by atoms with E-state index in [1.165, 1.54) is 0 Å². The van der Waals surface area contributed by atoms with Gasteiger partial charge < -0.3 is 24.2 Å². The Morgan fingerprint density at radius 3 is 2.48 bits per heavy atom. The van der Waals surface area contributed by atoms with Crippen molar-refractivity contribution >= 4 is 17.5 Å². The average molecular weight is 421 g/mol. The maximum atomic E-state index is 13.5. The predicted molar refractivity (Wildman–Crippen MR) is 117 cm³/mol. The molecule has 0 saturated carbocycles. The fourth-order valence-electron chi connectivity index (χ4n) is 4.59. The van der Waals surface area contributed by atoms with Gasteiger partial charge in [0.25, 0.3) is 5.91 Å². The number of carbonyl (C=O) groups is 2. The molecule has 1 unspecified atom stereocenters. The molecule has 0 aliphatic carbocycles. The number of likely N-dealkylation sites (N-methyl/N-ethyl adjacent to an activating group) is 1. The van der Waals surface area contributed by atoms with Crippen LogP contribution in [0.25, 0.3) is 0 Å². The highest BCUT2D eigenvalue weighted by atomic mass is 16.7. The Balaban J connectivity index is 1.51. The van der Waals surface area contributed by atoms with Gasteiger partial charge in [-0.3, -0.25) is 9.59 Å². The van der Waals surface area contributed by atoms with Crippen molar-refractivity contribution in [2.24, 2.45) is 0 Å². The lowest BCUT2D eigenvalue weighted by Crippen LogP contribution is -2.47. The summed E-state index contributed by atoms with van der Waals surface area (Å²) in [4.78, 5) is 32.6. The van der Waals surface area contributed by atoms with Crippen LogP contribution in [0.5, 0.6) is 11.5 Å². The first-order valence-electron chi connectivity index (χ1n) is 10.7. The zero-order valence-electron chi connectivity index (χ0n) is 18.2. The molecule has 3 aliphatic rings. The molecule has 0 spiro atoms. The van der Waals surface area contributed by atoms with Gasteiger partial charge in [0.05, 0.1) is 12.5 Å². The molecular weight excluding hydrogens is 394 g/mol. The maximum Gasteiger partial charge on any atom is 0.259 e. The highest BCUT2D eigenvalue weighted by Gasteiger charge is 2.40. The first-order valence-corrected chi connectivity index (χ1v) is 10.7. The zero-order valence-corrected chi connectivity index (χ0v) is 18.2. The summed E-state index contributed by atoms with van der Waals surface area (Å²) in [7, 11) is 2.07. The number of anilines is 1. The maximum absolute atomic E-state index is 13.5. The Kier molecular flexibility index (Phi) is 4.85. The highest BCUT2D eigenvalue weighted by Crippen LogP contribution is 2.44. The van der Waals surface area contributed by atoms with Gasteiger partial charge in [-0.05, 0) is 55.8 Å². The summed E-state index contributed by atoms with van der Waals surface area (Å²) in [5, 5.41) is 0. The fourth-order valence-corrected chi connectivity index (χ4v) is 4.59. The number of carbonyl (C=O) groups excluding carboxylic acids is 2. The number of nitrogens with zero attached hydrogens (tertiary/aromatic N) is 3. The number of ether oxygens (including phenoxy) is 2. The summed E-state index contributed by atoms with van der Waals surface area (Å²) < 4.78 is 11.0. The van der Waals surface area contributed by atoms with Crippen LogP contribution in [-0.2, 0) is 4.79 Å². The summed E-state index contributed by atoms with van der Waals surface area (Å²) in [6, 6.07) is 9.20. The molecule has 0 bridgehead atoms. The molecule has 7 nitrogen and oxygen atoms in total. The predicted octanol–water partition coefficient (Wildman–Crippen LogP) is 2.90. The number of benzene rings is 2. The lowest BCUT2D eigenvalue weighted by atomic mass is 9.96. The molecule has 0 N–H and O–H groups in total. The zero-order chi connectivity index (χ0) is 21.7. The van der Waals surface area contributed by atoms with Gasteiger partial charge in [0.15, 0.2) is 11.5 Å². The minimum atomic E-state index is -0.339. The van der Waals surface area contributed by atoms with Crippen LogP contribution < -0.4 is 14.4 Å². The van der Waals surface area contributed by atoms with Gasteiger partial charge in [-0.2, -0.15) is 0 Å². The van der Waals surface area contributed by atoms with Crippen molar-refractivity contribution in [3.63, 3.8) is 0 Å². The van der Waals surface area contributed by atoms with Crippen LogP contribution in [0.15, 0.2) is 30.3 Å². The number of piperazine rings is 1. The summed E-state index contributed by atoms with van der Waals surface area (Å²) >= 11 is 0. The Morgan fingerprint density at radius 2 is 1.71 bits per heavy atom. The van der Waals surface area contributed by atoms with Crippen LogP contribution in [0.4, 0.5) is 5.69 Å². The Bertz CT molecular complexity index is 1060. The molecule has 2 aromatic carbocycles. The molecule has 5 rings (SSSR count). The number of aryl methyl sites for hydroxylation is 2. The average Bonchev–Trinajstić information content (AvgIpc) is 3.32. The molecule has 0 aromatic heterocycles. The van der Waals surface area contributed by atoms with Crippen LogP contribution in [0.2, 0.25) is 0 Å². The van der Waals surface area contributed by atoms with Gasteiger partial charge in [-0.1, -0.05) is 6.07 Å². The van der Waals surface area contributed by atoms with Gasteiger partial charge in [0, 0.05) is 43.5 Å². The van der Waals surface area contributed by atoms with E-state index in [9.17, 15) is 9.59 Å². The number of fused-ring (bicyclic) bond motifs is 2. The summed E-state index contributed by atoms with van der Waals surface area (Å²) in [5.41, 5.74) is 4.52. The third kappa shape index (κ3) is 3.43. The van der Waals surface area contributed by atoms with E-state index < -0.39 is 0 Å². The molecule has 0 radical (unpaired) electrons. The van der Waals surface area contributed by atoms with E-state index in [4.69, 9.17) is 9.47 Å². The van der Waals surface area contributed by atoms with Crippen molar-refractivity contribution in [2.75, 3.05) is 44.9 Å². The van der Waals surface area contributed by atoms with Crippen molar-refractivity contribution in [1.29, 1.82) is 0 Å². The molecule has 3 heterocycles. The minimum Gasteiger partial charge on any atom is -0.454 e. The van der Waals surface area contributed by atoms with Crippen LogP contribution in [0.1, 0.15) is 39.5 Å². The van der Waals surface area contributed by atoms with Crippen molar-refractivity contribution in [1.82, 2.24) is 9.80 Å². The minimum absolute atomic E-state index is 0.0758. The lowest BCUT2D eigenvalue weighted by Gasteiger charge is -2.34. The smallest absolute Gasteiger partial charge is 0.259 e. The van der Waals surface area contributed by atoms with Crippen LogP contribution >= 0.6 is 0 Å². The van der Waals surface area contributed by atoms with Crippen molar-refractivity contribution in [2.45, 2.75) is 26.3 Å². The second-order valence-corrected chi connectivity index (χ2v) is 8.64. The van der Waals surface area contributed by atoms with Crippen molar-refractivity contribution < 1.29 is 19.1 Å². The van der Waals surface area contributed by atoms with E-state index >= 15 is 0 Å². The number of hydrogen-bond acceptors (Lipinski definition) is 5. The van der Waals surface area contributed by atoms with Gasteiger partial charge in [0.1, 0.15) is 0 Å². The van der Waals surface area contributed by atoms with E-state index in [2.05, 4.69) is 18.0 Å². The van der Waals surface area contributed by atoms with Gasteiger partial charge >= 0.3 is 0 Å². The van der Waals surface area contributed by atoms with E-state index in [-0.39, 0.29) is 31.1 Å². The van der Waals surface area contributed by atoms with Crippen LogP contribution in [0, 0.1) is 13.8 Å². The summed E-state index contributed by atoms with van der Waals surface area (Å²) in [6.45, 7) is 7.42. The second-order valence-electron chi connectivity index (χ2n) is 8.64. The molecule has 2 aromatic rings. The molecule has 1 atom stereocenters. The molecule has 31 heavy (non-hydrogen) atoms. The van der Waals surface area contributed by atoms with E-state index in [1.807, 2.05) is 43.0 Å². The normalized spacial score (nSPS) is 20.4. The Labute approximate surface area is 182 Å². The molecule has 3 aliphatic heterocycles. The molecule has 7 heteroatoms. The summed E-state index contributed by atoms with van der Waals surface area (Å²) in [6.07, 6.45) is 0.263. The first-order chi connectivity index (χ1) is 14.9. The molecular formula is C24H27N3O4. The number of hydrogen-bond donors (Lipinski definition) is 0. The molecule has 2 amide bonds. The quantitative estimate of drug-likeness (QED) is 0.763. The largest absolute Gasteiger partial charge is 0.454 e. The first kappa shape index (κ1) is 19.9. The summed E-state index contributed by atoms with van der Waals surface area (Å²) in [5.74, 6) is 1.30. The van der Waals surface area contributed by atoms with Gasteiger partial charge in [-0.15, -0.1) is 0 Å². The number of rotatable bonds is 3. The third-order valence-corrected chi connectivity index (χ3v) is 6.64. The van der Waals surface area contributed by atoms with E-state index in [0.29, 0.717) is 17.1 Å². The SMILES string of the molecule is Cc1cc2c(cc1C)C(CC(=O)N1CCN(C)CC1)N(c1ccc3c(c1)OCO3)C2=O. The van der Waals surface area contributed by atoms with E-state index in [1.54, 1.807) is 4.90 Å². The van der Waals surface area contributed by atoms with Crippen LogP contribution in [0.3, 0.4) is 0 Å². The fraction of sp³-hybridized carbons (Fsp3) is 0.417. The third-order valence-electron chi connectivity index (χ3n) is 6.64.